The molecular weight excluding hydrogens is 294 g/mol. The van der Waals surface area contributed by atoms with Gasteiger partial charge < -0.3 is 5.11 Å². The summed E-state index contributed by atoms with van der Waals surface area (Å²) in [5.74, 6) is 0. The molecule has 96 valence electrons. The molecular formula is C13H16BrN3O. The number of hydrogen-bond acceptors (Lipinski definition) is 3. The van der Waals surface area contributed by atoms with Crippen LogP contribution in [0, 0.1) is 0 Å². The van der Waals surface area contributed by atoms with Gasteiger partial charge in [0.15, 0.2) is 0 Å². The van der Waals surface area contributed by atoms with Crippen LogP contribution in [0.3, 0.4) is 0 Å². The first-order chi connectivity index (χ1) is 8.60. The number of hydrogen-bond donors (Lipinski definition) is 1. The second-order valence-corrected chi connectivity index (χ2v) is 5.18. The number of nitrogens with zero attached hydrogens (tertiary/aromatic N) is 3. The van der Waals surface area contributed by atoms with Crippen molar-refractivity contribution in [1.29, 1.82) is 0 Å². The Kier molecular flexibility index (Phi) is 4.14. The van der Waals surface area contributed by atoms with Gasteiger partial charge in [0.05, 0.1) is 17.5 Å². The molecule has 0 aliphatic rings. The zero-order chi connectivity index (χ0) is 13.1. The van der Waals surface area contributed by atoms with Crippen LogP contribution in [0.5, 0.6) is 0 Å². The van der Waals surface area contributed by atoms with Crippen LogP contribution in [0.25, 0.3) is 0 Å². The van der Waals surface area contributed by atoms with Crippen LogP contribution in [0.2, 0.25) is 0 Å². The van der Waals surface area contributed by atoms with Crippen molar-refractivity contribution in [2.75, 3.05) is 0 Å². The molecule has 1 atom stereocenters. The maximum absolute atomic E-state index is 10.3. The van der Waals surface area contributed by atoms with Crippen molar-refractivity contribution in [1.82, 2.24) is 14.8 Å². The van der Waals surface area contributed by atoms with Crippen molar-refractivity contribution in [3.8, 4) is 0 Å². The lowest BCUT2D eigenvalue weighted by atomic mass is 10.1. The second kappa shape index (κ2) is 5.63. The molecule has 0 amide bonds. The van der Waals surface area contributed by atoms with Crippen LogP contribution < -0.4 is 0 Å². The minimum Gasteiger partial charge on any atom is -0.386 e. The van der Waals surface area contributed by atoms with Crippen molar-refractivity contribution < 1.29 is 5.11 Å². The summed E-state index contributed by atoms with van der Waals surface area (Å²) in [6.07, 6.45) is 4.35. The zero-order valence-corrected chi connectivity index (χ0v) is 12.1. The highest BCUT2D eigenvalue weighted by Crippen LogP contribution is 2.20. The Morgan fingerprint density at radius 3 is 2.78 bits per heavy atom. The van der Waals surface area contributed by atoms with Crippen molar-refractivity contribution in [2.45, 2.75) is 25.9 Å². The molecule has 0 radical (unpaired) electrons. The highest BCUT2D eigenvalue weighted by Gasteiger charge is 2.14. The van der Waals surface area contributed by atoms with E-state index < -0.39 is 6.10 Å². The number of pyridine rings is 1. The average Bonchev–Trinajstić information content (AvgIpc) is 2.70. The van der Waals surface area contributed by atoms with Crippen molar-refractivity contribution in [2.24, 2.45) is 7.05 Å². The highest BCUT2D eigenvalue weighted by molar-refractivity contribution is 9.10. The Morgan fingerprint density at radius 2 is 2.17 bits per heavy atom. The van der Waals surface area contributed by atoms with E-state index in [0.717, 1.165) is 27.8 Å². The van der Waals surface area contributed by atoms with E-state index in [-0.39, 0.29) is 0 Å². The van der Waals surface area contributed by atoms with Gasteiger partial charge in [0.25, 0.3) is 0 Å². The minimum absolute atomic E-state index is 0.537. The first-order valence-electron chi connectivity index (χ1n) is 5.90. The number of aryl methyl sites for hydroxylation is 2. The molecule has 2 heterocycles. The van der Waals surface area contributed by atoms with Crippen LogP contribution in [0.1, 0.15) is 30.0 Å². The smallest absolute Gasteiger partial charge is 0.0997 e. The molecule has 18 heavy (non-hydrogen) atoms. The Balaban J connectivity index is 2.16. The molecule has 1 unspecified atom stereocenters. The summed E-state index contributed by atoms with van der Waals surface area (Å²) in [5.41, 5.74) is 2.84. The summed E-state index contributed by atoms with van der Waals surface area (Å²) < 4.78 is 2.67. The van der Waals surface area contributed by atoms with Gasteiger partial charge >= 0.3 is 0 Å². The van der Waals surface area contributed by atoms with E-state index in [1.54, 1.807) is 17.1 Å². The molecule has 0 aromatic carbocycles. The Morgan fingerprint density at radius 1 is 1.39 bits per heavy atom. The molecule has 0 saturated carbocycles. The summed E-state index contributed by atoms with van der Waals surface area (Å²) in [4.78, 5) is 4.09. The predicted octanol–water partition coefficient (Wildman–Crippen LogP) is 2.42. The lowest BCUT2D eigenvalue weighted by Crippen LogP contribution is -2.08. The van der Waals surface area contributed by atoms with Gasteiger partial charge in [0, 0.05) is 30.3 Å². The molecule has 4 nitrogen and oxygen atoms in total. The van der Waals surface area contributed by atoms with Crippen LogP contribution in [0.4, 0.5) is 0 Å². The summed E-state index contributed by atoms with van der Waals surface area (Å²) in [5, 5.41) is 14.6. The van der Waals surface area contributed by atoms with E-state index in [4.69, 9.17) is 0 Å². The molecule has 2 aromatic heterocycles. The van der Waals surface area contributed by atoms with Gasteiger partial charge in [-0.05, 0) is 40.0 Å². The van der Waals surface area contributed by atoms with Crippen molar-refractivity contribution >= 4 is 15.9 Å². The Labute approximate surface area is 115 Å². The van der Waals surface area contributed by atoms with E-state index in [0.29, 0.717) is 6.42 Å². The number of halogens is 1. The second-order valence-electron chi connectivity index (χ2n) is 4.27. The Hall–Kier alpha value is -1.20. The quantitative estimate of drug-likeness (QED) is 0.943. The Bertz CT molecular complexity index is 539. The standard InChI is InChI=1S/C13H16BrN3O/c1-3-11-6-12(17(2)16-11)13(18)5-9-4-10(14)8-15-7-9/h4,6-8,13,18H,3,5H2,1-2H3. The lowest BCUT2D eigenvalue weighted by Gasteiger charge is -2.10. The molecule has 0 spiro atoms. The molecule has 1 N–H and O–H groups in total. The fraction of sp³-hybridized carbons (Fsp3) is 0.385. The third-order valence-electron chi connectivity index (χ3n) is 2.86. The zero-order valence-electron chi connectivity index (χ0n) is 10.5. The van der Waals surface area contributed by atoms with Crippen LogP contribution in [0.15, 0.2) is 29.0 Å². The number of aromatic nitrogens is 3. The molecule has 2 rings (SSSR count). The normalized spacial score (nSPS) is 12.7. The van der Waals surface area contributed by atoms with Gasteiger partial charge in [0.1, 0.15) is 0 Å². The van der Waals surface area contributed by atoms with E-state index in [1.165, 1.54) is 0 Å². The molecule has 0 bridgehead atoms. The average molecular weight is 310 g/mol. The van der Waals surface area contributed by atoms with Gasteiger partial charge in [-0.25, -0.2) is 0 Å². The van der Waals surface area contributed by atoms with E-state index >= 15 is 0 Å². The van der Waals surface area contributed by atoms with E-state index in [1.807, 2.05) is 19.2 Å². The van der Waals surface area contributed by atoms with Crippen molar-refractivity contribution in [3.63, 3.8) is 0 Å². The fourth-order valence-corrected chi connectivity index (χ4v) is 2.34. The number of aliphatic hydroxyl groups is 1. The van der Waals surface area contributed by atoms with E-state index in [9.17, 15) is 5.11 Å². The first-order valence-corrected chi connectivity index (χ1v) is 6.69. The summed E-state index contributed by atoms with van der Waals surface area (Å²) in [6, 6.07) is 3.92. The van der Waals surface area contributed by atoms with Crippen molar-refractivity contribution in [3.05, 3.63) is 46.0 Å². The molecule has 0 fully saturated rings. The van der Waals surface area contributed by atoms with Gasteiger partial charge in [-0.2, -0.15) is 5.10 Å². The maximum Gasteiger partial charge on any atom is 0.0997 e. The summed E-state index contributed by atoms with van der Waals surface area (Å²) in [6.45, 7) is 2.05. The lowest BCUT2D eigenvalue weighted by molar-refractivity contribution is 0.168. The first kappa shape index (κ1) is 13.2. The van der Waals surface area contributed by atoms with Gasteiger partial charge in [0.2, 0.25) is 0 Å². The third kappa shape index (κ3) is 2.97. The SMILES string of the molecule is CCc1cc(C(O)Cc2cncc(Br)c2)n(C)n1. The maximum atomic E-state index is 10.3. The van der Waals surface area contributed by atoms with Gasteiger partial charge in [-0.15, -0.1) is 0 Å². The minimum atomic E-state index is -0.557. The summed E-state index contributed by atoms with van der Waals surface area (Å²) >= 11 is 3.38. The van der Waals surface area contributed by atoms with Crippen LogP contribution in [-0.2, 0) is 19.9 Å². The highest BCUT2D eigenvalue weighted by atomic mass is 79.9. The van der Waals surface area contributed by atoms with Crippen LogP contribution in [-0.4, -0.2) is 19.9 Å². The molecule has 5 heteroatoms. The van der Waals surface area contributed by atoms with Crippen LogP contribution >= 0.6 is 15.9 Å². The molecule has 2 aromatic rings. The van der Waals surface area contributed by atoms with Gasteiger partial charge in [-0.3, -0.25) is 9.67 Å². The molecule has 0 saturated heterocycles. The summed E-state index contributed by atoms with van der Waals surface area (Å²) in [7, 11) is 1.86. The molecule has 0 aliphatic carbocycles. The van der Waals surface area contributed by atoms with E-state index in [2.05, 4.69) is 32.9 Å². The van der Waals surface area contributed by atoms with Gasteiger partial charge in [-0.1, -0.05) is 6.92 Å². The largest absolute Gasteiger partial charge is 0.386 e. The third-order valence-corrected chi connectivity index (χ3v) is 3.29. The number of rotatable bonds is 4. The molecule has 0 aliphatic heterocycles. The monoisotopic (exact) mass is 309 g/mol. The topological polar surface area (TPSA) is 50.9 Å². The number of aliphatic hydroxyl groups excluding tert-OH is 1. The fourth-order valence-electron chi connectivity index (χ4n) is 1.92. The predicted molar refractivity (Wildman–Crippen MR) is 73.2 cm³/mol.